The molecule has 0 aliphatic carbocycles. The maximum atomic E-state index is 13.3. The van der Waals surface area contributed by atoms with Crippen molar-refractivity contribution in [2.24, 2.45) is 0 Å². The lowest BCUT2D eigenvalue weighted by molar-refractivity contribution is 0.614. The van der Waals surface area contributed by atoms with Crippen LogP contribution in [-0.4, -0.2) is 24.0 Å². The van der Waals surface area contributed by atoms with Gasteiger partial charge in [0.2, 0.25) is 0 Å². The average molecular weight is 237 g/mol. The van der Waals surface area contributed by atoms with Gasteiger partial charge in [0.25, 0.3) is 0 Å². The predicted octanol–water partition coefficient (Wildman–Crippen LogP) is 2.94. The van der Waals surface area contributed by atoms with E-state index in [1.165, 1.54) is 12.3 Å². The summed E-state index contributed by atoms with van der Waals surface area (Å²) in [7, 11) is 1.73. The van der Waals surface area contributed by atoms with Crippen LogP contribution in [0.2, 0.25) is 5.02 Å². The SMILES string of the molecule is CC(Cl)CN(C)c1ncc(Cl)cc1F. The van der Waals surface area contributed by atoms with Crippen LogP contribution in [-0.2, 0) is 0 Å². The van der Waals surface area contributed by atoms with Gasteiger partial charge in [-0.3, -0.25) is 0 Å². The Morgan fingerprint density at radius 2 is 2.29 bits per heavy atom. The minimum absolute atomic E-state index is 0.0584. The van der Waals surface area contributed by atoms with Crippen molar-refractivity contribution in [3.8, 4) is 0 Å². The number of anilines is 1. The molecule has 0 aromatic carbocycles. The Hall–Kier alpha value is -0.540. The van der Waals surface area contributed by atoms with E-state index in [-0.39, 0.29) is 11.2 Å². The Balaban J connectivity index is 2.84. The van der Waals surface area contributed by atoms with Gasteiger partial charge >= 0.3 is 0 Å². The van der Waals surface area contributed by atoms with Crippen LogP contribution < -0.4 is 4.90 Å². The zero-order valence-corrected chi connectivity index (χ0v) is 9.48. The Bertz CT molecular complexity index is 318. The molecule has 1 unspecified atom stereocenters. The molecule has 0 amide bonds. The van der Waals surface area contributed by atoms with Crippen LogP contribution in [0.1, 0.15) is 6.92 Å². The molecule has 5 heteroatoms. The van der Waals surface area contributed by atoms with E-state index in [4.69, 9.17) is 23.2 Å². The zero-order chi connectivity index (χ0) is 10.7. The molecule has 2 nitrogen and oxygen atoms in total. The molecule has 1 heterocycles. The lowest BCUT2D eigenvalue weighted by atomic mass is 10.4. The summed E-state index contributed by atoms with van der Waals surface area (Å²) in [5.41, 5.74) is 0. The van der Waals surface area contributed by atoms with Crippen LogP contribution in [0.5, 0.6) is 0 Å². The minimum Gasteiger partial charge on any atom is -0.356 e. The van der Waals surface area contributed by atoms with E-state index in [9.17, 15) is 4.39 Å². The molecule has 1 rings (SSSR count). The molecule has 0 bridgehead atoms. The van der Waals surface area contributed by atoms with E-state index >= 15 is 0 Å². The maximum absolute atomic E-state index is 13.3. The van der Waals surface area contributed by atoms with Crippen molar-refractivity contribution < 1.29 is 4.39 Å². The summed E-state index contributed by atoms with van der Waals surface area (Å²) in [6.45, 7) is 2.37. The first-order valence-electron chi connectivity index (χ1n) is 4.17. The highest BCUT2D eigenvalue weighted by Crippen LogP contribution is 2.18. The third-order valence-electron chi connectivity index (χ3n) is 1.68. The van der Waals surface area contributed by atoms with Crippen molar-refractivity contribution in [3.63, 3.8) is 0 Å². The van der Waals surface area contributed by atoms with Crippen molar-refractivity contribution in [2.75, 3.05) is 18.5 Å². The first kappa shape index (κ1) is 11.5. The van der Waals surface area contributed by atoms with Crippen molar-refractivity contribution in [1.29, 1.82) is 0 Å². The lowest BCUT2D eigenvalue weighted by Gasteiger charge is -2.19. The molecule has 0 saturated carbocycles. The molecule has 1 aromatic heterocycles. The summed E-state index contributed by atoms with van der Waals surface area (Å²) in [6, 6.07) is 1.24. The Labute approximate surface area is 92.6 Å². The van der Waals surface area contributed by atoms with Crippen molar-refractivity contribution in [2.45, 2.75) is 12.3 Å². The Morgan fingerprint density at radius 1 is 1.64 bits per heavy atom. The highest BCUT2D eigenvalue weighted by molar-refractivity contribution is 6.30. The molecule has 0 aliphatic heterocycles. The maximum Gasteiger partial charge on any atom is 0.167 e. The van der Waals surface area contributed by atoms with Gasteiger partial charge in [-0.1, -0.05) is 11.6 Å². The fourth-order valence-corrected chi connectivity index (χ4v) is 1.50. The molecule has 14 heavy (non-hydrogen) atoms. The molecular weight excluding hydrogens is 226 g/mol. The monoisotopic (exact) mass is 236 g/mol. The van der Waals surface area contributed by atoms with E-state index in [0.29, 0.717) is 11.6 Å². The molecule has 78 valence electrons. The van der Waals surface area contributed by atoms with E-state index in [1.807, 2.05) is 6.92 Å². The lowest BCUT2D eigenvalue weighted by Crippen LogP contribution is -2.25. The topological polar surface area (TPSA) is 16.1 Å². The summed E-state index contributed by atoms with van der Waals surface area (Å²) < 4.78 is 13.3. The van der Waals surface area contributed by atoms with Gasteiger partial charge in [0, 0.05) is 25.2 Å². The van der Waals surface area contributed by atoms with E-state index in [0.717, 1.165) is 0 Å². The molecule has 0 spiro atoms. The molecule has 1 aromatic rings. The number of aromatic nitrogens is 1. The van der Waals surface area contributed by atoms with Gasteiger partial charge in [0.05, 0.1) is 5.02 Å². The number of alkyl halides is 1. The largest absolute Gasteiger partial charge is 0.356 e. The molecule has 0 fully saturated rings. The highest BCUT2D eigenvalue weighted by Gasteiger charge is 2.11. The first-order valence-corrected chi connectivity index (χ1v) is 4.98. The summed E-state index contributed by atoms with van der Waals surface area (Å²) in [5, 5.41) is 0.232. The number of halogens is 3. The molecule has 1 atom stereocenters. The zero-order valence-electron chi connectivity index (χ0n) is 7.97. The molecule has 0 aliphatic rings. The van der Waals surface area contributed by atoms with Crippen LogP contribution in [0.15, 0.2) is 12.3 Å². The van der Waals surface area contributed by atoms with Gasteiger partial charge < -0.3 is 4.90 Å². The Morgan fingerprint density at radius 3 is 2.79 bits per heavy atom. The summed E-state index contributed by atoms with van der Waals surface area (Å²) in [4.78, 5) is 5.55. The number of rotatable bonds is 3. The third-order valence-corrected chi connectivity index (χ3v) is 2.02. The quantitative estimate of drug-likeness (QED) is 0.751. The van der Waals surface area contributed by atoms with E-state index < -0.39 is 5.82 Å². The molecule has 0 N–H and O–H groups in total. The smallest absolute Gasteiger partial charge is 0.167 e. The van der Waals surface area contributed by atoms with Gasteiger partial charge in [-0.25, -0.2) is 9.37 Å². The highest BCUT2D eigenvalue weighted by atomic mass is 35.5. The van der Waals surface area contributed by atoms with Gasteiger partial charge in [0.15, 0.2) is 11.6 Å². The van der Waals surface area contributed by atoms with Crippen molar-refractivity contribution >= 4 is 29.0 Å². The predicted molar refractivity (Wildman–Crippen MR) is 57.8 cm³/mol. The first-order chi connectivity index (χ1) is 6.50. The fourth-order valence-electron chi connectivity index (χ4n) is 1.15. The third kappa shape index (κ3) is 3.00. The standard InChI is InChI=1S/C9H11Cl2FN2/c1-6(10)5-14(2)9-8(12)3-7(11)4-13-9/h3-4,6H,5H2,1-2H3. The summed E-state index contributed by atoms with van der Waals surface area (Å²) >= 11 is 11.4. The second-order valence-electron chi connectivity index (χ2n) is 3.12. The normalized spacial score (nSPS) is 12.6. The van der Waals surface area contributed by atoms with Crippen molar-refractivity contribution in [1.82, 2.24) is 4.98 Å². The Kier molecular flexibility index (Phi) is 3.96. The number of hydrogen-bond donors (Lipinski definition) is 0. The number of hydrogen-bond acceptors (Lipinski definition) is 2. The van der Waals surface area contributed by atoms with Crippen LogP contribution >= 0.6 is 23.2 Å². The average Bonchev–Trinajstić information content (AvgIpc) is 2.01. The number of nitrogens with zero attached hydrogens (tertiary/aromatic N) is 2. The minimum atomic E-state index is -0.433. The van der Waals surface area contributed by atoms with Crippen molar-refractivity contribution in [3.05, 3.63) is 23.1 Å². The second-order valence-corrected chi connectivity index (χ2v) is 4.30. The van der Waals surface area contributed by atoms with Gasteiger partial charge in [-0.05, 0) is 13.0 Å². The fraction of sp³-hybridized carbons (Fsp3) is 0.444. The van der Waals surface area contributed by atoms with Gasteiger partial charge in [-0.2, -0.15) is 0 Å². The molecule has 0 radical (unpaired) electrons. The van der Waals surface area contributed by atoms with Crippen LogP contribution in [0.4, 0.5) is 10.2 Å². The van der Waals surface area contributed by atoms with Crippen LogP contribution in [0, 0.1) is 5.82 Å². The van der Waals surface area contributed by atoms with Gasteiger partial charge in [0.1, 0.15) is 0 Å². The van der Waals surface area contributed by atoms with E-state index in [1.54, 1.807) is 11.9 Å². The molecule has 0 saturated heterocycles. The molecular formula is C9H11Cl2FN2. The van der Waals surface area contributed by atoms with Gasteiger partial charge in [-0.15, -0.1) is 11.6 Å². The second kappa shape index (κ2) is 4.80. The van der Waals surface area contributed by atoms with Crippen LogP contribution in [0.3, 0.4) is 0 Å². The van der Waals surface area contributed by atoms with E-state index in [2.05, 4.69) is 4.98 Å². The summed E-state index contributed by atoms with van der Waals surface area (Å²) in [5.74, 6) is -0.167. The number of pyridine rings is 1. The van der Waals surface area contributed by atoms with Crippen LogP contribution in [0.25, 0.3) is 0 Å². The summed E-state index contributed by atoms with van der Waals surface area (Å²) in [6.07, 6.45) is 1.41.